The Labute approximate surface area is 144 Å². The Morgan fingerprint density at radius 3 is 2.32 bits per heavy atom. The van der Waals surface area contributed by atoms with E-state index in [1.165, 1.54) is 38.8 Å². The molecule has 2 aliphatic rings. The summed E-state index contributed by atoms with van der Waals surface area (Å²) in [5.74, 6) is -1.85. The first-order valence-corrected chi connectivity index (χ1v) is 8.35. The van der Waals surface area contributed by atoms with Crippen molar-refractivity contribution in [1.29, 1.82) is 0 Å². The van der Waals surface area contributed by atoms with Crippen LogP contribution < -0.4 is 4.90 Å². The summed E-state index contributed by atoms with van der Waals surface area (Å²) in [4.78, 5) is 22.7. The van der Waals surface area contributed by atoms with Crippen LogP contribution in [0.5, 0.6) is 0 Å². The van der Waals surface area contributed by atoms with E-state index in [-0.39, 0.29) is 0 Å². The topological polar surface area (TPSA) is 69.6 Å². The minimum absolute atomic E-state index is 0.395. The quantitative estimate of drug-likeness (QED) is 0.874. The number of hydrogen-bond acceptors (Lipinski definition) is 5. The molecule has 140 valence electrons. The van der Waals surface area contributed by atoms with Gasteiger partial charge in [0, 0.05) is 31.0 Å². The fourth-order valence-electron chi connectivity index (χ4n) is 3.69. The molecule has 2 saturated heterocycles. The first kappa shape index (κ1) is 19.4. The van der Waals surface area contributed by atoms with Gasteiger partial charge in [-0.1, -0.05) is 6.92 Å². The van der Waals surface area contributed by atoms with E-state index in [4.69, 9.17) is 9.90 Å². The van der Waals surface area contributed by atoms with Crippen molar-refractivity contribution in [2.75, 3.05) is 31.1 Å². The van der Waals surface area contributed by atoms with Crippen LogP contribution in [0.25, 0.3) is 0 Å². The summed E-state index contributed by atoms with van der Waals surface area (Å²) in [5, 5.41) is 7.12. The molecule has 2 aliphatic heterocycles. The molecule has 9 heteroatoms. The summed E-state index contributed by atoms with van der Waals surface area (Å²) in [7, 11) is 0. The summed E-state index contributed by atoms with van der Waals surface area (Å²) in [6, 6.07) is 1.89. The molecule has 0 aromatic carbocycles. The van der Waals surface area contributed by atoms with Gasteiger partial charge in [0.25, 0.3) is 0 Å². The van der Waals surface area contributed by atoms with Crippen molar-refractivity contribution in [3.8, 4) is 0 Å². The van der Waals surface area contributed by atoms with Gasteiger partial charge in [0.15, 0.2) is 0 Å². The van der Waals surface area contributed by atoms with E-state index in [9.17, 15) is 13.2 Å². The highest BCUT2D eigenvalue weighted by atomic mass is 19.4. The number of alkyl halides is 3. The highest BCUT2D eigenvalue weighted by Gasteiger charge is 2.43. The number of carboxylic acids is 1. The SMILES string of the molecule is CCN1CCCC12CCCN(c1ncccn1)C2.O=C(O)C(F)(F)F. The van der Waals surface area contributed by atoms with Crippen LogP contribution in [0.15, 0.2) is 18.5 Å². The van der Waals surface area contributed by atoms with Gasteiger partial charge in [-0.05, 0) is 44.8 Å². The second-order valence-corrected chi connectivity index (χ2v) is 6.28. The number of likely N-dealkylation sites (tertiary alicyclic amines) is 1. The lowest BCUT2D eigenvalue weighted by molar-refractivity contribution is -0.192. The summed E-state index contributed by atoms with van der Waals surface area (Å²) in [6.07, 6.45) is 3.88. The molecule has 1 spiro atoms. The second-order valence-electron chi connectivity index (χ2n) is 6.28. The first-order valence-electron chi connectivity index (χ1n) is 8.35. The number of piperidine rings is 1. The Morgan fingerprint density at radius 1 is 1.24 bits per heavy atom. The van der Waals surface area contributed by atoms with Gasteiger partial charge in [0.1, 0.15) is 0 Å². The molecule has 1 atom stereocenters. The van der Waals surface area contributed by atoms with Crippen LogP contribution in [0.2, 0.25) is 0 Å². The van der Waals surface area contributed by atoms with Gasteiger partial charge in [-0.3, -0.25) is 4.90 Å². The molecule has 0 bridgehead atoms. The number of anilines is 1. The number of hydrogen-bond donors (Lipinski definition) is 1. The largest absolute Gasteiger partial charge is 0.490 e. The molecule has 0 aliphatic carbocycles. The van der Waals surface area contributed by atoms with Gasteiger partial charge in [-0.25, -0.2) is 14.8 Å². The fourth-order valence-corrected chi connectivity index (χ4v) is 3.69. The predicted molar refractivity (Wildman–Crippen MR) is 86.4 cm³/mol. The zero-order chi connectivity index (χ0) is 18.5. The average molecular weight is 360 g/mol. The van der Waals surface area contributed by atoms with Crippen molar-refractivity contribution < 1.29 is 23.1 Å². The van der Waals surface area contributed by atoms with Crippen molar-refractivity contribution in [3.63, 3.8) is 0 Å². The van der Waals surface area contributed by atoms with E-state index in [1.54, 1.807) is 0 Å². The molecule has 0 saturated carbocycles. The van der Waals surface area contributed by atoms with E-state index in [0.29, 0.717) is 5.54 Å². The van der Waals surface area contributed by atoms with E-state index >= 15 is 0 Å². The number of carbonyl (C=O) groups is 1. The van der Waals surface area contributed by atoms with Crippen molar-refractivity contribution in [2.24, 2.45) is 0 Å². The van der Waals surface area contributed by atoms with Crippen LogP contribution in [-0.4, -0.2) is 63.8 Å². The molecule has 1 aromatic rings. The molecule has 2 fully saturated rings. The number of likely N-dealkylation sites (N-methyl/N-ethyl adjacent to an activating group) is 1. The van der Waals surface area contributed by atoms with Crippen LogP contribution in [0.3, 0.4) is 0 Å². The molecule has 6 nitrogen and oxygen atoms in total. The third-order valence-corrected chi connectivity index (χ3v) is 4.76. The molecule has 3 rings (SSSR count). The molecule has 0 amide bonds. The normalized spacial score (nSPS) is 24.1. The third kappa shape index (κ3) is 4.81. The monoisotopic (exact) mass is 360 g/mol. The van der Waals surface area contributed by atoms with Crippen molar-refractivity contribution in [2.45, 2.75) is 44.3 Å². The Kier molecular flexibility index (Phi) is 6.21. The molecular weight excluding hydrogens is 337 g/mol. The maximum absolute atomic E-state index is 10.6. The van der Waals surface area contributed by atoms with Gasteiger partial charge < -0.3 is 10.0 Å². The molecule has 1 unspecified atom stereocenters. The zero-order valence-electron chi connectivity index (χ0n) is 14.2. The van der Waals surface area contributed by atoms with Crippen molar-refractivity contribution >= 4 is 11.9 Å². The summed E-state index contributed by atoms with van der Waals surface area (Å²) in [6.45, 7) is 6.92. The Balaban J connectivity index is 0.000000277. The number of carboxylic acid groups (broad SMARTS) is 1. The lowest BCUT2D eigenvalue weighted by Gasteiger charge is -2.45. The standard InChI is InChI=1S/C14H22N4.C2HF3O2/c1-2-18-11-4-7-14(18)6-3-10-17(12-14)13-15-8-5-9-16-13;3-2(4,5)1(6)7/h5,8-9H,2-4,6-7,10-12H2,1H3;(H,6,7). The van der Waals surface area contributed by atoms with Gasteiger partial charge >= 0.3 is 12.1 Å². The molecular formula is C16H23F3N4O2. The van der Waals surface area contributed by atoms with Crippen molar-refractivity contribution in [1.82, 2.24) is 14.9 Å². The maximum atomic E-state index is 10.6. The molecule has 0 radical (unpaired) electrons. The van der Waals surface area contributed by atoms with Crippen LogP contribution >= 0.6 is 0 Å². The van der Waals surface area contributed by atoms with E-state index < -0.39 is 12.1 Å². The minimum Gasteiger partial charge on any atom is -0.475 e. The van der Waals surface area contributed by atoms with Crippen LogP contribution in [0, 0.1) is 0 Å². The van der Waals surface area contributed by atoms with Crippen LogP contribution in [-0.2, 0) is 4.79 Å². The van der Waals surface area contributed by atoms with Gasteiger partial charge in [0.05, 0.1) is 0 Å². The molecule has 3 heterocycles. The van der Waals surface area contributed by atoms with Crippen LogP contribution in [0.4, 0.5) is 19.1 Å². The Morgan fingerprint density at radius 2 is 1.80 bits per heavy atom. The van der Waals surface area contributed by atoms with E-state index in [0.717, 1.165) is 19.0 Å². The molecule has 1 N–H and O–H groups in total. The minimum atomic E-state index is -5.08. The third-order valence-electron chi connectivity index (χ3n) is 4.76. The summed E-state index contributed by atoms with van der Waals surface area (Å²) >= 11 is 0. The highest BCUT2D eigenvalue weighted by molar-refractivity contribution is 5.73. The average Bonchev–Trinajstić information content (AvgIpc) is 2.97. The summed E-state index contributed by atoms with van der Waals surface area (Å²) in [5.41, 5.74) is 0.395. The Bertz CT molecular complexity index is 570. The zero-order valence-corrected chi connectivity index (χ0v) is 14.2. The number of rotatable bonds is 2. The van der Waals surface area contributed by atoms with Gasteiger partial charge in [-0.15, -0.1) is 0 Å². The van der Waals surface area contributed by atoms with Crippen molar-refractivity contribution in [3.05, 3.63) is 18.5 Å². The van der Waals surface area contributed by atoms with Gasteiger partial charge in [0.2, 0.25) is 5.95 Å². The summed E-state index contributed by atoms with van der Waals surface area (Å²) < 4.78 is 31.7. The molecule has 1 aromatic heterocycles. The first-order chi connectivity index (χ1) is 11.8. The lowest BCUT2D eigenvalue weighted by atomic mass is 9.86. The maximum Gasteiger partial charge on any atom is 0.490 e. The Hall–Kier alpha value is -1.90. The van der Waals surface area contributed by atoms with Crippen LogP contribution in [0.1, 0.15) is 32.6 Å². The smallest absolute Gasteiger partial charge is 0.475 e. The molecule has 25 heavy (non-hydrogen) atoms. The van der Waals surface area contributed by atoms with E-state index in [1.807, 2.05) is 18.5 Å². The highest BCUT2D eigenvalue weighted by Crippen LogP contribution is 2.37. The number of aliphatic carboxylic acids is 1. The van der Waals surface area contributed by atoms with E-state index in [2.05, 4.69) is 26.7 Å². The predicted octanol–water partition coefficient (Wildman–Crippen LogP) is 2.56. The number of nitrogens with zero attached hydrogens (tertiary/aromatic N) is 4. The lowest BCUT2D eigenvalue weighted by Crippen LogP contribution is -2.56. The number of halogens is 3. The second kappa shape index (κ2) is 7.99. The fraction of sp³-hybridized carbons (Fsp3) is 0.688. The van der Waals surface area contributed by atoms with Gasteiger partial charge in [-0.2, -0.15) is 13.2 Å². The number of aromatic nitrogens is 2.